The Balaban J connectivity index is 1.62. The highest BCUT2D eigenvalue weighted by Gasteiger charge is 2.17. The van der Waals surface area contributed by atoms with Crippen LogP contribution in [0.1, 0.15) is 18.9 Å². The van der Waals surface area contributed by atoms with Gasteiger partial charge in [0.05, 0.1) is 31.9 Å². The van der Waals surface area contributed by atoms with Gasteiger partial charge in [0.2, 0.25) is 5.91 Å². The predicted octanol–water partition coefficient (Wildman–Crippen LogP) is 3.97. The second-order valence-electron chi connectivity index (χ2n) is 6.54. The number of benzene rings is 2. The molecular weight excluding hydrogens is 380 g/mol. The molecule has 0 saturated heterocycles. The molecule has 3 rings (SSSR count). The van der Waals surface area contributed by atoms with Crippen LogP contribution in [0.25, 0.3) is 0 Å². The van der Waals surface area contributed by atoms with E-state index in [1.54, 1.807) is 7.11 Å². The van der Waals surface area contributed by atoms with Crippen molar-refractivity contribution in [3.05, 3.63) is 47.0 Å². The largest absolute Gasteiger partial charge is 0.497 e. The van der Waals surface area contributed by atoms with E-state index in [1.807, 2.05) is 48.2 Å². The van der Waals surface area contributed by atoms with Crippen LogP contribution < -0.4 is 19.5 Å². The Kier molecular flexibility index (Phi) is 7.01. The van der Waals surface area contributed by atoms with Crippen LogP contribution in [0, 0.1) is 0 Å². The zero-order valence-electron chi connectivity index (χ0n) is 16.2. The number of rotatable bonds is 7. The maximum absolute atomic E-state index is 12.4. The monoisotopic (exact) mass is 404 g/mol. The number of carbonyl (C=O) groups excluding carboxylic acids is 1. The summed E-state index contributed by atoms with van der Waals surface area (Å²) in [6.07, 6.45) is 0.826. The number of hydrogen-bond acceptors (Lipinski definition) is 5. The van der Waals surface area contributed by atoms with Crippen molar-refractivity contribution in [1.82, 2.24) is 4.90 Å². The number of nitrogens with zero attached hydrogens (tertiary/aromatic N) is 1. The summed E-state index contributed by atoms with van der Waals surface area (Å²) in [6, 6.07) is 11.1. The summed E-state index contributed by atoms with van der Waals surface area (Å²) in [6.45, 7) is 4.80. The molecule has 1 N–H and O–H groups in total. The minimum Gasteiger partial charge on any atom is -0.497 e. The van der Waals surface area contributed by atoms with Crippen LogP contribution in [-0.2, 0) is 11.3 Å². The van der Waals surface area contributed by atoms with Crippen LogP contribution >= 0.6 is 11.6 Å². The molecule has 1 aliphatic heterocycles. The van der Waals surface area contributed by atoms with E-state index in [1.165, 1.54) is 0 Å². The molecule has 1 amide bonds. The van der Waals surface area contributed by atoms with Crippen LogP contribution in [0.4, 0.5) is 5.69 Å². The standard InChI is InChI=1S/C21H25ClN2O4/c1-3-24(14-20(25)23-16-5-7-17(26-2)8-6-16)13-15-11-18(22)21-19(12-15)27-9-4-10-28-21/h5-8,11-12H,3-4,9-10,13-14H2,1-2H3,(H,23,25). The van der Waals surface area contributed by atoms with Crippen molar-refractivity contribution in [3.63, 3.8) is 0 Å². The molecule has 28 heavy (non-hydrogen) atoms. The summed E-state index contributed by atoms with van der Waals surface area (Å²) in [4.78, 5) is 14.5. The maximum atomic E-state index is 12.4. The third-order valence-corrected chi connectivity index (χ3v) is 4.74. The highest BCUT2D eigenvalue weighted by Crippen LogP contribution is 2.38. The molecule has 0 fully saturated rings. The highest BCUT2D eigenvalue weighted by atomic mass is 35.5. The Morgan fingerprint density at radius 1 is 1.21 bits per heavy atom. The lowest BCUT2D eigenvalue weighted by Gasteiger charge is -2.21. The van der Waals surface area contributed by atoms with Crippen LogP contribution in [-0.4, -0.2) is 44.2 Å². The Hall–Kier alpha value is -2.44. The normalized spacial score (nSPS) is 13.1. The lowest BCUT2D eigenvalue weighted by atomic mass is 10.2. The fraction of sp³-hybridized carbons (Fsp3) is 0.381. The molecule has 1 heterocycles. The summed E-state index contributed by atoms with van der Waals surface area (Å²) in [7, 11) is 1.61. The maximum Gasteiger partial charge on any atom is 0.238 e. The first-order chi connectivity index (χ1) is 13.6. The zero-order chi connectivity index (χ0) is 19.9. The molecule has 2 aromatic rings. The van der Waals surface area contributed by atoms with E-state index in [0.29, 0.717) is 36.3 Å². The van der Waals surface area contributed by atoms with Crippen LogP contribution in [0.3, 0.4) is 0 Å². The summed E-state index contributed by atoms with van der Waals surface area (Å²) in [5.74, 6) is 1.94. The Morgan fingerprint density at radius 3 is 2.68 bits per heavy atom. The number of fused-ring (bicyclic) bond motifs is 1. The molecule has 0 saturated carbocycles. The van der Waals surface area contributed by atoms with Gasteiger partial charge >= 0.3 is 0 Å². The van der Waals surface area contributed by atoms with E-state index < -0.39 is 0 Å². The van der Waals surface area contributed by atoms with E-state index in [4.69, 9.17) is 25.8 Å². The van der Waals surface area contributed by atoms with Gasteiger partial charge in [-0.3, -0.25) is 9.69 Å². The molecular formula is C21H25ClN2O4. The number of likely N-dealkylation sites (N-methyl/N-ethyl adjacent to an activating group) is 1. The van der Waals surface area contributed by atoms with Gasteiger partial charge in [-0.15, -0.1) is 0 Å². The van der Waals surface area contributed by atoms with Crippen LogP contribution in [0.5, 0.6) is 17.2 Å². The first-order valence-corrected chi connectivity index (χ1v) is 9.71. The molecule has 0 radical (unpaired) electrons. The van der Waals surface area contributed by atoms with Crippen LogP contribution in [0.2, 0.25) is 5.02 Å². The van der Waals surface area contributed by atoms with Gasteiger partial charge in [-0.2, -0.15) is 0 Å². The Labute approximate surface area is 170 Å². The fourth-order valence-electron chi connectivity index (χ4n) is 2.99. The lowest BCUT2D eigenvalue weighted by Crippen LogP contribution is -2.32. The minimum atomic E-state index is -0.0764. The Bertz CT molecular complexity index is 811. The number of hydrogen-bond donors (Lipinski definition) is 1. The summed E-state index contributed by atoms with van der Waals surface area (Å²) in [5.41, 5.74) is 1.72. The highest BCUT2D eigenvalue weighted by molar-refractivity contribution is 6.32. The van der Waals surface area contributed by atoms with Crippen molar-refractivity contribution in [1.29, 1.82) is 0 Å². The van der Waals surface area contributed by atoms with Crippen molar-refractivity contribution in [2.24, 2.45) is 0 Å². The summed E-state index contributed by atoms with van der Waals surface area (Å²) >= 11 is 6.37. The van der Waals surface area contributed by atoms with E-state index in [0.717, 1.165) is 30.0 Å². The molecule has 0 bridgehead atoms. The SMILES string of the molecule is CCN(CC(=O)Nc1ccc(OC)cc1)Cc1cc(Cl)c2c(c1)OCCCO2. The molecule has 150 valence electrons. The number of amides is 1. The number of nitrogens with one attached hydrogen (secondary N) is 1. The quantitative estimate of drug-likeness (QED) is 0.756. The molecule has 0 spiro atoms. The van der Waals surface area contributed by atoms with E-state index in [9.17, 15) is 4.79 Å². The minimum absolute atomic E-state index is 0.0764. The molecule has 0 atom stereocenters. The first-order valence-electron chi connectivity index (χ1n) is 9.33. The van der Waals surface area contributed by atoms with Gasteiger partial charge in [0, 0.05) is 18.7 Å². The molecule has 0 aliphatic carbocycles. The topological polar surface area (TPSA) is 60.0 Å². The third-order valence-electron chi connectivity index (χ3n) is 4.46. The smallest absolute Gasteiger partial charge is 0.238 e. The van der Waals surface area contributed by atoms with Crippen LogP contribution in [0.15, 0.2) is 36.4 Å². The number of methoxy groups -OCH3 is 1. The lowest BCUT2D eigenvalue weighted by molar-refractivity contribution is -0.117. The zero-order valence-corrected chi connectivity index (χ0v) is 16.9. The van der Waals surface area contributed by atoms with Crippen molar-refractivity contribution >= 4 is 23.2 Å². The van der Waals surface area contributed by atoms with E-state index in [2.05, 4.69) is 5.32 Å². The van der Waals surface area contributed by atoms with E-state index >= 15 is 0 Å². The van der Waals surface area contributed by atoms with Gasteiger partial charge in [0.15, 0.2) is 11.5 Å². The second-order valence-corrected chi connectivity index (χ2v) is 6.94. The average molecular weight is 405 g/mol. The predicted molar refractivity (Wildman–Crippen MR) is 110 cm³/mol. The number of halogens is 1. The van der Waals surface area contributed by atoms with Crippen molar-refractivity contribution in [2.75, 3.05) is 38.7 Å². The number of ether oxygens (including phenoxy) is 3. The molecule has 0 unspecified atom stereocenters. The average Bonchev–Trinajstić information content (AvgIpc) is 2.94. The summed E-state index contributed by atoms with van der Waals surface area (Å²) < 4.78 is 16.5. The third kappa shape index (κ3) is 5.30. The first kappa shape index (κ1) is 20.3. The van der Waals surface area contributed by atoms with Gasteiger partial charge in [-0.1, -0.05) is 18.5 Å². The summed E-state index contributed by atoms with van der Waals surface area (Å²) in [5, 5.41) is 3.44. The number of anilines is 1. The van der Waals surface area contributed by atoms with Gasteiger partial charge in [-0.25, -0.2) is 0 Å². The van der Waals surface area contributed by atoms with Gasteiger partial charge in [-0.05, 0) is 48.5 Å². The van der Waals surface area contributed by atoms with Gasteiger partial charge < -0.3 is 19.5 Å². The Morgan fingerprint density at radius 2 is 1.96 bits per heavy atom. The molecule has 0 aromatic heterocycles. The molecule has 1 aliphatic rings. The fourth-order valence-corrected chi connectivity index (χ4v) is 3.28. The van der Waals surface area contributed by atoms with Gasteiger partial charge in [0.25, 0.3) is 0 Å². The van der Waals surface area contributed by atoms with Crippen molar-refractivity contribution in [2.45, 2.75) is 19.9 Å². The number of carbonyl (C=O) groups is 1. The van der Waals surface area contributed by atoms with Crippen molar-refractivity contribution in [3.8, 4) is 17.2 Å². The van der Waals surface area contributed by atoms with Crippen molar-refractivity contribution < 1.29 is 19.0 Å². The second kappa shape index (κ2) is 9.66. The molecule has 7 heteroatoms. The molecule has 6 nitrogen and oxygen atoms in total. The molecule has 2 aromatic carbocycles. The van der Waals surface area contributed by atoms with Gasteiger partial charge in [0.1, 0.15) is 5.75 Å². The van der Waals surface area contributed by atoms with E-state index in [-0.39, 0.29) is 12.5 Å².